The van der Waals surface area contributed by atoms with E-state index in [-0.39, 0.29) is 5.56 Å². The first-order valence-corrected chi connectivity index (χ1v) is 7.96. The third-order valence-electron chi connectivity index (χ3n) is 4.25. The molecule has 0 radical (unpaired) electrons. The van der Waals surface area contributed by atoms with E-state index in [0.717, 1.165) is 38.1 Å². The minimum Gasteiger partial charge on any atom is -0.387 e. The number of nitrogens with zero attached hydrogens (tertiary/aromatic N) is 3. The molecule has 0 amide bonds. The topological polar surface area (TPSA) is 41.3 Å². The smallest absolute Gasteiger partial charge is 0.131 e. The summed E-state index contributed by atoms with van der Waals surface area (Å²) in [6.45, 7) is 1.89. The minimum absolute atomic E-state index is 0.132. The molecule has 23 heavy (non-hydrogen) atoms. The van der Waals surface area contributed by atoms with E-state index in [0.29, 0.717) is 17.6 Å². The Bertz CT molecular complexity index is 671. The minimum atomic E-state index is -0.966. The summed E-state index contributed by atoms with van der Waals surface area (Å²) in [6.07, 6.45) is 4.23. The van der Waals surface area contributed by atoms with Crippen LogP contribution in [0.25, 0.3) is 0 Å². The monoisotopic (exact) mass is 341 g/mol. The Kier molecular flexibility index (Phi) is 4.94. The Morgan fingerprint density at radius 3 is 2.65 bits per heavy atom. The highest BCUT2D eigenvalue weighted by Gasteiger charge is 2.24. The van der Waals surface area contributed by atoms with Crippen LogP contribution in [0.1, 0.15) is 30.6 Å². The van der Waals surface area contributed by atoms with Crippen molar-refractivity contribution in [3.8, 4) is 0 Å². The zero-order chi connectivity index (χ0) is 16.4. The lowest BCUT2D eigenvalue weighted by atomic mass is 10.0. The summed E-state index contributed by atoms with van der Waals surface area (Å²) >= 11 is 5.88. The molecule has 1 saturated heterocycles. The molecule has 0 aliphatic carbocycles. The van der Waals surface area contributed by atoms with Gasteiger partial charge in [0.05, 0.1) is 23.4 Å². The van der Waals surface area contributed by atoms with Gasteiger partial charge in [0.25, 0.3) is 0 Å². The average Bonchev–Trinajstić information content (AvgIpc) is 2.94. The van der Waals surface area contributed by atoms with Crippen LogP contribution in [-0.2, 0) is 0 Å². The van der Waals surface area contributed by atoms with Gasteiger partial charge in [-0.15, -0.1) is 0 Å². The number of piperidine rings is 1. The van der Waals surface area contributed by atoms with Gasteiger partial charge in [0, 0.05) is 37.5 Å². The number of β-amino-alcohol motifs (C(OH)–C–C–N with tert-alkyl or cyclic N) is 1. The summed E-state index contributed by atoms with van der Waals surface area (Å²) in [5.74, 6) is -1.35. The summed E-state index contributed by atoms with van der Waals surface area (Å²) in [4.78, 5) is 2.08. The number of hydrogen-bond acceptors (Lipinski definition) is 3. The number of hydrogen-bond donors (Lipinski definition) is 1. The lowest BCUT2D eigenvalue weighted by Gasteiger charge is -2.33. The molecule has 0 saturated carbocycles. The summed E-state index contributed by atoms with van der Waals surface area (Å²) in [7, 11) is 0. The molecule has 1 aliphatic heterocycles. The molecular formula is C16H18ClF2N3O. The average molecular weight is 342 g/mol. The number of halogens is 3. The quantitative estimate of drug-likeness (QED) is 0.928. The van der Waals surface area contributed by atoms with Gasteiger partial charge in [0.15, 0.2) is 0 Å². The largest absolute Gasteiger partial charge is 0.387 e. The van der Waals surface area contributed by atoms with E-state index in [1.165, 1.54) is 6.07 Å². The molecule has 1 aromatic heterocycles. The van der Waals surface area contributed by atoms with Crippen LogP contribution in [0.4, 0.5) is 8.78 Å². The Morgan fingerprint density at radius 1 is 1.30 bits per heavy atom. The maximum Gasteiger partial charge on any atom is 0.131 e. The van der Waals surface area contributed by atoms with Crippen LogP contribution in [0, 0.1) is 11.6 Å². The van der Waals surface area contributed by atoms with E-state index in [2.05, 4.69) is 10.00 Å². The summed E-state index contributed by atoms with van der Waals surface area (Å²) in [5, 5.41) is 15.0. The maximum atomic E-state index is 13.7. The van der Waals surface area contributed by atoms with Gasteiger partial charge in [-0.05, 0) is 18.9 Å². The lowest BCUT2D eigenvalue weighted by molar-refractivity contribution is 0.0867. The molecule has 1 aliphatic rings. The second-order valence-corrected chi connectivity index (χ2v) is 6.29. The third kappa shape index (κ3) is 3.88. The molecule has 2 heterocycles. The van der Waals surface area contributed by atoms with Crippen LogP contribution in [0.3, 0.4) is 0 Å². The number of benzene rings is 1. The fraction of sp³-hybridized carbons (Fsp3) is 0.438. The van der Waals surface area contributed by atoms with Gasteiger partial charge >= 0.3 is 0 Å². The predicted molar refractivity (Wildman–Crippen MR) is 83.3 cm³/mol. The maximum absolute atomic E-state index is 13.7. The van der Waals surface area contributed by atoms with Gasteiger partial charge in [0.1, 0.15) is 11.6 Å². The second-order valence-electron chi connectivity index (χ2n) is 5.85. The van der Waals surface area contributed by atoms with Gasteiger partial charge in [-0.3, -0.25) is 4.68 Å². The van der Waals surface area contributed by atoms with E-state index in [4.69, 9.17) is 11.6 Å². The van der Waals surface area contributed by atoms with Gasteiger partial charge < -0.3 is 10.0 Å². The highest BCUT2D eigenvalue weighted by molar-refractivity contribution is 6.30. The van der Waals surface area contributed by atoms with Crippen molar-refractivity contribution in [2.75, 3.05) is 19.6 Å². The molecule has 124 valence electrons. The summed E-state index contributed by atoms with van der Waals surface area (Å²) in [6, 6.07) is 3.55. The second kappa shape index (κ2) is 6.95. The van der Waals surface area contributed by atoms with Crippen molar-refractivity contribution in [1.82, 2.24) is 14.7 Å². The first-order chi connectivity index (χ1) is 11.0. The molecule has 1 unspecified atom stereocenters. The molecule has 0 bridgehead atoms. The van der Waals surface area contributed by atoms with Crippen LogP contribution in [-0.4, -0.2) is 39.4 Å². The molecule has 1 aromatic carbocycles. The van der Waals surface area contributed by atoms with Crippen LogP contribution in [0.5, 0.6) is 0 Å². The molecule has 2 aromatic rings. The van der Waals surface area contributed by atoms with Gasteiger partial charge in [-0.25, -0.2) is 8.78 Å². The number of aromatic nitrogens is 2. The summed E-state index contributed by atoms with van der Waals surface area (Å²) in [5.41, 5.74) is 0.132. The molecule has 1 atom stereocenters. The number of likely N-dealkylation sites (tertiary alicyclic amines) is 1. The predicted octanol–water partition coefficient (Wildman–Crippen LogP) is 3.19. The van der Waals surface area contributed by atoms with Crippen molar-refractivity contribution >= 4 is 11.6 Å². The normalized spacial score (nSPS) is 18.3. The molecule has 0 spiro atoms. The van der Waals surface area contributed by atoms with Crippen molar-refractivity contribution in [1.29, 1.82) is 0 Å². The molecule has 4 nitrogen and oxygen atoms in total. The van der Waals surface area contributed by atoms with Crippen molar-refractivity contribution < 1.29 is 13.9 Å². The number of aliphatic hydroxyl groups excluding tert-OH is 1. The highest BCUT2D eigenvalue weighted by atomic mass is 35.5. The van der Waals surface area contributed by atoms with Gasteiger partial charge in [-0.2, -0.15) is 5.10 Å². The lowest BCUT2D eigenvalue weighted by Crippen LogP contribution is -2.37. The van der Waals surface area contributed by atoms with E-state index >= 15 is 0 Å². The Hall–Kier alpha value is -1.50. The van der Waals surface area contributed by atoms with Crippen molar-refractivity contribution in [3.05, 3.63) is 52.8 Å². The van der Waals surface area contributed by atoms with Crippen LogP contribution < -0.4 is 0 Å². The van der Waals surface area contributed by atoms with E-state index in [1.54, 1.807) is 6.20 Å². The van der Waals surface area contributed by atoms with Crippen molar-refractivity contribution in [2.24, 2.45) is 0 Å². The zero-order valence-corrected chi connectivity index (χ0v) is 13.3. The summed E-state index contributed by atoms with van der Waals surface area (Å²) < 4.78 is 28.5. The van der Waals surface area contributed by atoms with E-state index in [1.807, 2.05) is 10.9 Å². The van der Waals surface area contributed by atoms with Crippen molar-refractivity contribution in [2.45, 2.75) is 25.0 Å². The molecule has 1 N–H and O–H groups in total. The van der Waals surface area contributed by atoms with Crippen molar-refractivity contribution in [3.63, 3.8) is 0 Å². The van der Waals surface area contributed by atoms with Crippen LogP contribution >= 0.6 is 11.6 Å². The first-order valence-electron chi connectivity index (χ1n) is 7.58. The first kappa shape index (κ1) is 16.4. The number of rotatable bonds is 4. The van der Waals surface area contributed by atoms with E-state index < -0.39 is 17.7 Å². The van der Waals surface area contributed by atoms with Crippen LogP contribution in [0.2, 0.25) is 5.02 Å². The molecule has 3 rings (SSSR count). The molecule has 7 heteroatoms. The SMILES string of the molecule is OC(CN1CCC(n2cc(Cl)cn2)CC1)c1ccc(F)cc1F. The Morgan fingerprint density at radius 2 is 2.04 bits per heavy atom. The standard InChI is InChI=1S/C16H18ClF2N3O/c17-11-8-20-22(9-11)13-3-5-21(6-4-13)10-16(23)14-2-1-12(18)7-15(14)19/h1-2,7-9,13,16,23H,3-6,10H2. The number of aliphatic hydroxyl groups is 1. The van der Waals surface area contributed by atoms with Gasteiger partial charge in [0.2, 0.25) is 0 Å². The molecule has 1 fully saturated rings. The molecular weight excluding hydrogens is 324 g/mol. The third-order valence-corrected chi connectivity index (χ3v) is 4.45. The van der Waals surface area contributed by atoms with Crippen LogP contribution in [0.15, 0.2) is 30.6 Å². The Balaban J connectivity index is 1.56. The fourth-order valence-corrected chi connectivity index (χ4v) is 3.14. The highest BCUT2D eigenvalue weighted by Crippen LogP contribution is 2.25. The van der Waals surface area contributed by atoms with E-state index in [9.17, 15) is 13.9 Å². The van der Waals surface area contributed by atoms with Gasteiger partial charge in [-0.1, -0.05) is 17.7 Å². The Labute approximate surface area is 138 Å². The zero-order valence-electron chi connectivity index (χ0n) is 12.5. The fourth-order valence-electron chi connectivity index (χ4n) is 3.00.